The minimum absolute atomic E-state index is 0. The van der Waals surface area contributed by atoms with Crippen molar-refractivity contribution in [3.05, 3.63) is 22.4 Å². The van der Waals surface area contributed by atoms with E-state index in [1.54, 1.807) is 11.3 Å². The van der Waals surface area contributed by atoms with Crippen LogP contribution in [0.25, 0.3) is 0 Å². The standard InChI is InChI=1S/C14H24N2OS.2ClH/c1-12(2)7-16(8-13-3-6-18-9-13)11-14(17)4-5-15-10-14;;/h3,6,9,12,15,17H,4-5,7-8,10-11H2,1-2H3;2*1H. The summed E-state index contributed by atoms with van der Waals surface area (Å²) in [5.74, 6) is 0.626. The fraction of sp³-hybridized carbons (Fsp3) is 0.714. The molecule has 0 bridgehead atoms. The van der Waals surface area contributed by atoms with E-state index in [4.69, 9.17) is 0 Å². The molecule has 1 aromatic rings. The summed E-state index contributed by atoms with van der Waals surface area (Å²) in [6, 6.07) is 2.18. The van der Waals surface area contributed by atoms with E-state index in [9.17, 15) is 5.11 Å². The molecule has 118 valence electrons. The van der Waals surface area contributed by atoms with Gasteiger partial charge in [-0.25, -0.2) is 0 Å². The summed E-state index contributed by atoms with van der Waals surface area (Å²) in [5.41, 5.74) is 0.820. The summed E-state index contributed by atoms with van der Waals surface area (Å²) >= 11 is 1.74. The van der Waals surface area contributed by atoms with Gasteiger partial charge >= 0.3 is 0 Å². The Bertz CT molecular complexity index is 354. The first kappa shape index (κ1) is 20.2. The van der Waals surface area contributed by atoms with Gasteiger partial charge < -0.3 is 10.4 Å². The first-order chi connectivity index (χ1) is 8.57. The Balaban J connectivity index is 0.00000180. The second kappa shape index (κ2) is 9.23. The molecule has 6 heteroatoms. The Morgan fingerprint density at radius 1 is 1.45 bits per heavy atom. The summed E-state index contributed by atoms with van der Waals surface area (Å²) in [7, 11) is 0. The van der Waals surface area contributed by atoms with Gasteiger partial charge in [-0.3, -0.25) is 4.90 Å². The molecule has 1 unspecified atom stereocenters. The summed E-state index contributed by atoms with van der Waals surface area (Å²) < 4.78 is 0. The molecule has 0 spiro atoms. The average Bonchev–Trinajstić information content (AvgIpc) is 2.89. The molecule has 2 heterocycles. The largest absolute Gasteiger partial charge is 0.387 e. The lowest BCUT2D eigenvalue weighted by molar-refractivity contribution is 0.0150. The number of rotatable bonds is 6. The molecule has 1 aliphatic rings. The first-order valence-corrected chi connectivity index (χ1v) is 7.68. The molecular formula is C14H26Cl2N2OS. The third-order valence-electron chi connectivity index (χ3n) is 3.35. The molecule has 1 saturated heterocycles. The zero-order chi connectivity index (χ0) is 13.0. The van der Waals surface area contributed by atoms with Crippen LogP contribution in [0.4, 0.5) is 0 Å². The summed E-state index contributed by atoms with van der Waals surface area (Å²) in [5, 5.41) is 18.1. The lowest BCUT2D eigenvalue weighted by Crippen LogP contribution is -2.45. The van der Waals surface area contributed by atoms with E-state index in [1.807, 2.05) is 0 Å². The highest BCUT2D eigenvalue weighted by atomic mass is 35.5. The van der Waals surface area contributed by atoms with Crippen molar-refractivity contribution in [2.24, 2.45) is 5.92 Å². The second-order valence-electron chi connectivity index (χ2n) is 5.85. The van der Waals surface area contributed by atoms with Crippen molar-refractivity contribution >= 4 is 36.2 Å². The highest BCUT2D eigenvalue weighted by Gasteiger charge is 2.33. The summed E-state index contributed by atoms with van der Waals surface area (Å²) in [6.45, 7) is 8.89. The average molecular weight is 341 g/mol. The Kier molecular flexibility index (Phi) is 9.31. The van der Waals surface area contributed by atoms with Crippen LogP contribution in [-0.2, 0) is 6.54 Å². The fourth-order valence-corrected chi connectivity index (χ4v) is 3.28. The van der Waals surface area contributed by atoms with Gasteiger partial charge in [-0.15, -0.1) is 24.8 Å². The third-order valence-corrected chi connectivity index (χ3v) is 4.08. The molecule has 0 aromatic carbocycles. The minimum atomic E-state index is -0.537. The van der Waals surface area contributed by atoms with Gasteiger partial charge in [0.05, 0.1) is 5.60 Å². The molecule has 2 N–H and O–H groups in total. The van der Waals surface area contributed by atoms with Gasteiger partial charge in [-0.05, 0) is 41.3 Å². The van der Waals surface area contributed by atoms with Crippen LogP contribution in [0.1, 0.15) is 25.8 Å². The van der Waals surface area contributed by atoms with Gasteiger partial charge in [0.2, 0.25) is 0 Å². The van der Waals surface area contributed by atoms with Crippen LogP contribution in [0.2, 0.25) is 0 Å². The van der Waals surface area contributed by atoms with Gasteiger partial charge in [-0.2, -0.15) is 11.3 Å². The Morgan fingerprint density at radius 3 is 2.70 bits per heavy atom. The highest BCUT2D eigenvalue weighted by molar-refractivity contribution is 7.07. The van der Waals surface area contributed by atoms with Crippen molar-refractivity contribution in [1.29, 1.82) is 0 Å². The van der Waals surface area contributed by atoms with Gasteiger partial charge in [-0.1, -0.05) is 13.8 Å². The lowest BCUT2D eigenvalue weighted by atomic mass is 10.0. The number of β-amino-alcohol motifs (C(OH)–C–C–N with tert-alkyl or cyclic N) is 1. The molecule has 3 nitrogen and oxygen atoms in total. The molecule has 20 heavy (non-hydrogen) atoms. The maximum absolute atomic E-state index is 10.5. The Morgan fingerprint density at radius 2 is 2.20 bits per heavy atom. The fourth-order valence-electron chi connectivity index (χ4n) is 2.62. The van der Waals surface area contributed by atoms with Crippen LogP contribution in [0.15, 0.2) is 16.8 Å². The van der Waals surface area contributed by atoms with Crippen LogP contribution in [0, 0.1) is 5.92 Å². The topological polar surface area (TPSA) is 35.5 Å². The normalized spacial score (nSPS) is 21.9. The van der Waals surface area contributed by atoms with Crippen molar-refractivity contribution in [2.75, 3.05) is 26.2 Å². The van der Waals surface area contributed by atoms with Gasteiger partial charge in [0.1, 0.15) is 0 Å². The molecule has 0 saturated carbocycles. The van der Waals surface area contributed by atoms with Crippen LogP contribution in [0.3, 0.4) is 0 Å². The smallest absolute Gasteiger partial charge is 0.0909 e. The first-order valence-electron chi connectivity index (χ1n) is 6.74. The number of hydrogen-bond acceptors (Lipinski definition) is 4. The second-order valence-corrected chi connectivity index (χ2v) is 6.63. The van der Waals surface area contributed by atoms with Crippen molar-refractivity contribution in [3.63, 3.8) is 0 Å². The molecular weight excluding hydrogens is 315 g/mol. The van der Waals surface area contributed by atoms with E-state index in [0.29, 0.717) is 5.92 Å². The lowest BCUT2D eigenvalue weighted by Gasteiger charge is -2.31. The summed E-state index contributed by atoms with van der Waals surface area (Å²) in [6.07, 6.45) is 0.866. The minimum Gasteiger partial charge on any atom is -0.387 e. The quantitative estimate of drug-likeness (QED) is 0.835. The highest BCUT2D eigenvalue weighted by Crippen LogP contribution is 2.19. The predicted octanol–water partition coefficient (Wildman–Crippen LogP) is 2.77. The zero-order valence-corrected chi connectivity index (χ0v) is 14.6. The molecule has 1 atom stereocenters. The molecule has 0 aliphatic carbocycles. The van der Waals surface area contributed by atoms with Crippen LogP contribution >= 0.6 is 36.2 Å². The monoisotopic (exact) mass is 340 g/mol. The van der Waals surface area contributed by atoms with Crippen molar-refractivity contribution in [3.8, 4) is 0 Å². The number of thiophene rings is 1. The Labute approximate surface area is 138 Å². The maximum atomic E-state index is 10.5. The van der Waals surface area contributed by atoms with Gasteiger partial charge in [0.25, 0.3) is 0 Å². The van der Waals surface area contributed by atoms with E-state index in [0.717, 1.165) is 39.1 Å². The molecule has 0 radical (unpaired) electrons. The number of halogens is 2. The number of nitrogens with zero attached hydrogens (tertiary/aromatic N) is 1. The number of nitrogens with one attached hydrogen (secondary N) is 1. The Hall–Kier alpha value is 0.160. The zero-order valence-electron chi connectivity index (χ0n) is 12.2. The van der Waals surface area contributed by atoms with Gasteiger partial charge in [0.15, 0.2) is 0 Å². The van der Waals surface area contributed by atoms with E-state index >= 15 is 0 Å². The van der Waals surface area contributed by atoms with E-state index in [-0.39, 0.29) is 24.8 Å². The van der Waals surface area contributed by atoms with Gasteiger partial charge in [0, 0.05) is 26.2 Å². The molecule has 1 aliphatic heterocycles. The molecule has 1 aromatic heterocycles. The van der Waals surface area contributed by atoms with Crippen molar-refractivity contribution in [2.45, 2.75) is 32.4 Å². The van der Waals surface area contributed by atoms with Crippen molar-refractivity contribution in [1.82, 2.24) is 10.2 Å². The van der Waals surface area contributed by atoms with E-state index in [1.165, 1.54) is 5.56 Å². The summed E-state index contributed by atoms with van der Waals surface area (Å²) in [4.78, 5) is 2.39. The third kappa shape index (κ3) is 6.29. The molecule has 1 fully saturated rings. The van der Waals surface area contributed by atoms with E-state index in [2.05, 4.69) is 40.9 Å². The van der Waals surface area contributed by atoms with Crippen LogP contribution in [-0.4, -0.2) is 41.8 Å². The molecule has 0 amide bonds. The predicted molar refractivity (Wildman–Crippen MR) is 91.4 cm³/mol. The molecule has 2 rings (SSSR count). The van der Waals surface area contributed by atoms with E-state index < -0.39 is 5.60 Å². The van der Waals surface area contributed by atoms with Crippen molar-refractivity contribution < 1.29 is 5.11 Å². The number of hydrogen-bond donors (Lipinski definition) is 2. The maximum Gasteiger partial charge on any atom is 0.0909 e. The van der Waals surface area contributed by atoms with Crippen LogP contribution in [0.5, 0.6) is 0 Å². The van der Waals surface area contributed by atoms with Crippen LogP contribution < -0.4 is 5.32 Å². The SMILES string of the molecule is CC(C)CN(Cc1ccsc1)CC1(O)CCNC1.Cl.Cl. The number of aliphatic hydroxyl groups is 1.